The SMILES string of the molecule is Cc1ccc2c(-c3ccc(N(c4ccccc4)c4ccccc4-c4ccccc4)cc3O)cc3c4cc(C)ccc4c(N(c4ccccc4)c4ccccc4-c4ccccc4)cc3c2c1. The molecule has 0 fully saturated rings. The molecule has 0 amide bonds. The van der Waals surface area contributed by atoms with Crippen molar-refractivity contribution in [3.63, 3.8) is 0 Å². The van der Waals surface area contributed by atoms with Crippen LogP contribution in [0.2, 0.25) is 0 Å². The molecule has 1 N–H and O–H groups in total. The van der Waals surface area contributed by atoms with Crippen LogP contribution in [0, 0.1) is 13.8 Å². The highest BCUT2D eigenvalue weighted by Gasteiger charge is 2.24. The van der Waals surface area contributed by atoms with E-state index in [0.717, 1.165) is 99.8 Å². The quantitative estimate of drug-likeness (QED) is 0.147. The van der Waals surface area contributed by atoms with Crippen LogP contribution in [0.4, 0.5) is 34.1 Å². The summed E-state index contributed by atoms with van der Waals surface area (Å²) in [4.78, 5) is 4.66. The molecular formula is C62H46N2O. The summed E-state index contributed by atoms with van der Waals surface area (Å²) in [5, 5.41) is 19.2. The molecule has 0 spiro atoms. The van der Waals surface area contributed by atoms with Gasteiger partial charge in [-0.25, -0.2) is 0 Å². The van der Waals surface area contributed by atoms with Gasteiger partial charge in [-0.3, -0.25) is 0 Å². The van der Waals surface area contributed by atoms with Gasteiger partial charge in [0.25, 0.3) is 0 Å². The molecule has 0 unspecified atom stereocenters. The second-order valence-corrected chi connectivity index (χ2v) is 16.8. The first-order chi connectivity index (χ1) is 32.0. The van der Waals surface area contributed by atoms with Crippen LogP contribution in [0.5, 0.6) is 5.75 Å². The Morgan fingerprint density at radius 1 is 0.277 bits per heavy atom. The highest BCUT2D eigenvalue weighted by atomic mass is 16.3. The van der Waals surface area contributed by atoms with E-state index >= 15 is 0 Å². The number of aryl methyl sites for hydroxylation is 2. The predicted octanol–water partition coefficient (Wildman–Crippen LogP) is 17.4. The predicted molar refractivity (Wildman–Crippen MR) is 276 cm³/mol. The highest BCUT2D eigenvalue weighted by Crippen LogP contribution is 2.49. The van der Waals surface area contributed by atoms with E-state index in [-0.39, 0.29) is 5.75 Å². The molecule has 0 aromatic heterocycles. The molecule has 11 aromatic carbocycles. The van der Waals surface area contributed by atoms with Crippen LogP contribution in [-0.2, 0) is 0 Å². The standard InChI is InChI=1S/C62H46N2O/c1-42-31-34-51-54(37-42)58-41-61(64(47-25-13-6-14-26-47)60-30-18-16-28-50(60)45-21-9-4-10-22-45)52-35-32-43(2)38-55(52)57(58)40-56(51)53-36-33-48(39-62(53)65)63(46-23-11-5-12-24-46)59-29-17-15-27-49(59)44-19-7-3-8-20-44/h3-41,65H,1-2H3. The number of anilines is 6. The molecule has 0 aliphatic heterocycles. The third kappa shape index (κ3) is 7.23. The summed E-state index contributed by atoms with van der Waals surface area (Å²) in [6, 6.07) is 83.8. The zero-order chi connectivity index (χ0) is 43.9. The zero-order valence-corrected chi connectivity index (χ0v) is 36.4. The first kappa shape index (κ1) is 39.4. The Morgan fingerprint density at radius 3 is 1.29 bits per heavy atom. The fourth-order valence-corrected chi connectivity index (χ4v) is 9.60. The Bertz CT molecular complexity index is 3510. The fourth-order valence-electron chi connectivity index (χ4n) is 9.60. The van der Waals surface area contributed by atoms with Crippen LogP contribution in [0.1, 0.15) is 11.1 Å². The summed E-state index contributed by atoms with van der Waals surface area (Å²) >= 11 is 0. The van der Waals surface area contributed by atoms with Gasteiger partial charge >= 0.3 is 0 Å². The molecule has 3 heteroatoms. The monoisotopic (exact) mass is 834 g/mol. The number of phenolic OH excluding ortho intramolecular Hbond substituents is 1. The molecule has 0 aliphatic carbocycles. The Balaban J connectivity index is 1.14. The lowest BCUT2D eigenvalue weighted by Crippen LogP contribution is -2.12. The first-order valence-electron chi connectivity index (χ1n) is 22.2. The zero-order valence-electron chi connectivity index (χ0n) is 36.4. The summed E-state index contributed by atoms with van der Waals surface area (Å²) in [5.41, 5.74) is 14.8. The van der Waals surface area contributed by atoms with Crippen molar-refractivity contribution >= 4 is 66.4 Å². The van der Waals surface area contributed by atoms with E-state index in [1.807, 2.05) is 18.2 Å². The van der Waals surface area contributed by atoms with Crippen LogP contribution in [0.25, 0.3) is 65.7 Å². The molecule has 11 rings (SSSR count). The van der Waals surface area contributed by atoms with Gasteiger partial charge in [0.1, 0.15) is 5.75 Å². The minimum absolute atomic E-state index is 0.215. The van der Waals surface area contributed by atoms with Crippen molar-refractivity contribution in [3.05, 3.63) is 248 Å². The minimum Gasteiger partial charge on any atom is -0.507 e. The van der Waals surface area contributed by atoms with E-state index in [1.165, 1.54) is 11.1 Å². The van der Waals surface area contributed by atoms with Crippen molar-refractivity contribution in [1.82, 2.24) is 0 Å². The average Bonchev–Trinajstić information content (AvgIpc) is 3.35. The maximum absolute atomic E-state index is 12.4. The second-order valence-electron chi connectivity index (χ2n) is 16.8. The third-order valence-electron chi connectivity index (χ3n) is 12.6. The second kappa shape index (κ2) is 16.7. The number of phenols is 1. The highest BCUT2D eigenvalue weighted by molar-refractivity contribution is 6.24. The minimum atomic E-state index is 0.215. The van der Waals surface area contributed by atoms with Crippen molar-refractivity contribution in [3.8, 4) is 39.1 Å². The van der Waals surface area contributed by atoms with E-state index in [2.05, 4.69) is 242 Å². The van der Waals surface area contributed by atoms with Gasteiger partial charge in [0.05, 0.1) is 17.1 Å². The number of hydrogen-bond donors (Lipinski definition) is 1. The molecule has 0 saturated carbocycles. The van der Waals surface area contributed by atoms with E-state index < -0.39 is 0 Å². The lowest BCUT2D eigenvalue weighted by Gasteiger charge is -2.30. The van der Waals surface area contributed by atoms with Gasteiger partial charge in [-0.2, -0.15) is 0 Å². The molecule has 310 valence electrons. The maximum Gasteiger partial charge on any atom is 0.125 e. The third-order valence-corrected chi connectivity index (χ3v) is 12.6. The Hall–Kier alpha value is -8.40. The Kier molecular flexibility index (Phi) is 10.1. The number of rotatable bonds is 9. The summed E-state index contributed by atoms with van der Waals surface area (Å²) in [5.74, 6) is 0.215. The Morgan fingerprint density at radius 2 is 0.723 bits per heavy atom. The summed E-state index contributed by atoms with van der Waals surface area (Å²) in [6.07, 6.45) is 0. The van der Waals surface area contributed by atoms with Crippen LogP contribution in [0.3, 0.4) is 0 Å². The molecule has 0 saturated heterocycles. The molecular weight excluding hydrogens is 789 g/mol. The van der Waals surface area contributed by atoms with Gasteiger partial charge in [-0.1, -0.05) is 181 Å². The van der Waals surface area contributed by atoms with Gasteiger partial charge < -0.3 is 14.9 Å². The van der Waals surface area contributed by atoms with Gasteiger partial charge in [0.15, 0.2) is 0 Å². The molecule has 11 aromatic rings. The van der Waals surface area contributed by atoms with Crippen LogP contribution < -0.4 is 9.80 Å². The molecule has 3 nitrogen and oxygen atoms in total. The number of benzene rings is 11. The van der Waals surface area contributed by atoms with Crippen molar-refractivity contribution in [2.45, 2.75) is 13.8 Å². The molecule has 0 atom stereocenters. The van der Waals surface area contributed by atoms with Crippen molar-refractivity contribution in [2.75, 3.05) is 9.80 Å². The molecule has 0 bridgehead atoms. The molecule has 65 heavy (non-hydrogen) atoms. The number of aromatic hydroxyl groups is 1. The normalized spacial score (nSPS) is 11.3. The molecule has 0 aliphatic rings. The number of nitrogens with zero attached hydrogens (tertiary/aromatic N) is 2. The van der Waals surface area contributed by atoms with Crippen LogP contribution in [-0.4, -0.2) is 5.11 Å². The summed E-state index contributed by atoms with van der Waals surface area (Å²) in [7, 11) is 0. The van der Waals surface area contributed by atoms with Gasteiger partial charge in [-0.05, 0) is 118 Å². The largest absolute Gasteiger partial charge is 0.507 e. The van der Waals surface area contributed by atoms with Gasteiger partial charge in [0.2, 0.25) is 0 Å². The van der Waals surface area contributed by atoms with E-state index in [0.29, 0.717) is 0 Å². The van der Waals surface area contributed by atoms with Gasteiger partial charge in [0, 0.05) is 45.2 Å². The fraction of sp³-hybridized carbons (Fsp3) is 0.0323. The summed E-state index contributed by atoms with van der Waals surface area (Å²) < 4.78 is 0. The average molecular weight is 835 g/mol. The lowest BCUT2D eigenvalue weighted by atomic mass is 9.88. The number of fused-ring (bicyclic) bond motifs is 5. The van der Waals surface area contributed by atoms with Crippen molar-refractivity contribution < 1.29 is 5.11 Å². The van der Waals surface area contributed by atoms with Crippen molar-refractivity contribution in [1.29, 1.82) is 0 Å². The molecule has 0 radical (unpaired) electrons. The Labute approximate surface area is 380 Å². The molecule has 0 heterocycles. The first-order valence-corrected chi connectivity index (χ1v) is 22.2. The van der Waals surface area contributed by atoms with Gasteiger partial charge in [-0.15, -0.1) is 0 Å². The van der Waals surface area contributed by atoms with E-state index in [1.54, 1.807) is 0 Å². The smallest absolute Gasteiger partial charge is 0.125 e. The number of para-hydroxylation sites is 4. The number of hydrogen-bond acceptors (Lipinski definition) is 3. The summed E-state index contributed by atoms with van der Waals surface area (Å²) in [6.45, 7) is 4.33. The maximum atomic E-state index is 12.4. The lowest BCUT2D eigenvalue weighted by molar-refractivity contribution is 0.477. The van der Waals surface area contributed by atoms with Crippen LogP contribution >= 0.6 is 0 Å². The topological polar surface area (TPSA) is 26.7 Å². The van der Waals surface area contributed by atoms with Crippen LogP contribution in [0.15, 0.2) is 237 Å². The van der Waals surface area contributed by atoms with Crippen molar-refractivity contribution in [2.24, 2.45) is 0 Å². The van der Waals surface area contributed by atoms with E-state index in [4.69, 9.17) is 0 Å². The van der Waals surface area contributed by atoms with E-state index in [9.17, 15) is 5.11 Å².